The number of carbonyl (C=O) groups excluding carboxylic acids is 2. The summed E-state index contributed by atoms with van der Waals surface area (Å²) in [5, 5.41) is 3.56. The van der Waals surface area contributed by atoms with E-state index in [-0.39, 0.29) is 6.10 Å². The molecule has 0 amide bonds. The second-order valence-electron chi connectivity index (χ2n) is 3.79. The quantitative estimate of drug-likeness (QED) is 0.319. The number of hydrogen-bond acceptors (Lipinski definition) is 6. The van der Waals surface area contributed by atoms with Crippen LogP contribution in [0.4, 0.5) is 0 Å². The summed E-state index contributed by atoms with van der Waals surface area (Å²) in [7, 11) is 2.34. The van der Waals surface area contributed by atoms with Gasteiger partial charge >= 0.3 is 11.9 Å². The van der Waals surface area contributed by atoms with Gasteiger partial charge in [0, 0.05) is 0 Å². The molecule has 6 nitrogen and oxygen atoms in total. The summed E-state index contributed by atoms with van der Waals surface area (Å²) >= 11 is 0. The van der Waals surface area contributed by atoms with Crippen molar-refractivity contribution in [3.8, 4) is 0 Å². The number of ether oxygens (including phenoxy) is 2. The molecule has 1 aliphatic rings. The van der Waals surface area contributed by atoms with E-state index in [4.69, 9.17) is 4.84 Å². The zero-order valence-electron chi connectivity index (χ0n) is 10.1. The van der Waals surface area contributed by atoms with Crippen LogP contribution in [0, 0.1) is 0 Å². The zero-order chi connectivity index (χ0) is 12.7. The first-order chi connectivity index (χ1) is 8.19. The summed E-state index contributed by atoms with van der Waals surface area (Å²) in [6.45, 7) is 0. The van der Waals surface area contributed by atoms with E-state index < -0.39 is 17.7 Å². The topological polar surface area (TPSA) is 74.2 Å². The average molecular weight is 243 g/mol. The van der Waals surface area contributed by atoms with Crippen LogP contribution in [0.3, 0.4) is 0 Å². The van der Waals surface area contributed by atoms with Crippen LogP contribution in [-0.4, -0.2) is 38.0 Å². The number of oxime groups is 1. The molecule has 6 heteroatoms. The second-order valence-corrected chi connectivity index (χ2v) is 3.79. The van der Waals surface area contributed by atoms with Gasteiger partial charge in [0.05, 0.1) is 14.2 Å². The number of rotatable bonds is 4. The average Bonchev–Trinajstić information content (AvgIpc) is 2.39. The molecular weight excluding hydrogens is 226 g/mol. The molecule has 0 aliphatic heterocycles. The van der Waals surface area contributed by atoms with E-state index in [1.807, 2.05) is 0 Å². The monoisotopic (exact) mass is 243 g/mol. The second kappa shape index (κ2) is 6.88. The van der Waals surface area contributed by atoms with Crippen molar-refractivity contribution in [3.05, 3.63) is 0 Å². The smallest absolute Gasteiger partial charge is 0.367 e. The lowest BCUT2D eigenvalue weighted by atomic mass is 9.98. The summed E-state index contributed by atoms with van der Waals surface area (Å²) in [6.07, 6.45) is 5.08. The van der Waals surface area contributed by atoms with Crippen molar-refractivity contribution < 1.29 is 23.9 Å². The van der Waals surface area contributed by atoms with Gasteiger partial charge in [-0.15, -0.1) is 0 Å². The lowest BCUT2D eigenvalue weighted by molar-refractivity contribution is -0.138. The fraction of sp³-hybridized carbons (Fsp3) is 0.727. The number of nitrogens with zero attached hydrogens (tertiary/aromatic N) is 1. The van der Waals surface area contributed by atoms with E-state index in [1.54, 1.807) is 0 Å². The first-order valence-corrected chi connectivity index (χ1v) is 5.59. The molecule has 0 spiro atoms. The van der Waals surface area contributed by atoms with Crippen LogP contribution in [0.2, 0.25) is 0 Å². The highest BCUT2D eigenvalue weighted by Gasteiger charge is 2.24. The largest absolute Gasteiger partial charge is 0.464 e. The summed E-state index contributed by atoms with van der Waals surface area (Å²) in [4.78, 5) is 27.7. The van der Waals surface area contributed by atoms with Gasteiger partial charge in [-0.2, -0.15) is 0 Å². The third-order valence-electron chi connectivity index (χ3n) is 2.60. The van der Waals surface area contributed by atoms with Crippen LogP contribution in [0.25, 0.3) is 0 Å². The Morgan fingerprint density at radius 3 is 2.00 bits per heavy atom. The van der Waals surface area contributed by atoms with Crippen LogP contribution in [0.1, 0.15) is 32.1 Å². The number of hydrogen-bond donors (Lipinski definition) is 0. The minimum atomic E-state index is -0.854. The van der Waals surface area contributed by atoms with Crippen LogP contribution in [0.15, 0.2) is 5.16 Å². The molecule has 1 rings (SSSR count). The fourth-order valence-electron chi connectivity index (χ4n) is 1.65. The highest BCUT2D eigenvalue weighted by molar-refractivity contribution is 6.62. The molecule has 1 saturated carbocycles. The molecule has 0 aromatic heterocycles. The van der Waals surface area contributed by atoms with E-state index in [1.165, 1.54) is 20.6 Å². The van der Waals surface area contributed by atoms with E-state index in [0.717, 1.165) is 25.7 Å². The Kier molecular flexibility index (Phi) is 5.45. The maximum absolute atomic E-state index is 11.3. The fourth-order valence-corrected chi connectivity index (χ4v) is 1.65. The van der Waals surface area contributed by atoms with Gasteiger partial charge in [-0.05, 0) is 25.7 Å². The van der Waals surface area contributed by atoms with E-state index in [0.29, 0.717) is 0 Å². The van der Waals surface area contributed by atoms with E-state index in [9.17, 15) is 9.59 Å². The molecule has 17 heavy (non-hydrogen) atoms. The summed E-state index contributed by atoms with van der Waals surface area (Å²) in [6, 6.07) is 0. The third-order valence-corrected chi connectivity index (χ3v) is 2.60. The standard InChI is InChI=1S/C11H17NO5/c1-15-10(13)9(11(14)16-2)12-17-8-6-4-3-5-7-8/h8H,3-7H2,1-2H3. The summed E-state index contributed by atoms with van der Waals surface area (Å²) < 4.78 is 8.85. The number of methoxy groups -OCH3 is 2. The Bertz CT molecular complexity index is 289. The Hall–Kier alpha value is -1.59. The van der Waals surface area contributed by atoms with Crippen LogP contribution in [0.5, 0.6) is 0 Å². The number of carbonyl (C=O) groups is 2. The van der Waals surface area contributed by atoms with Crippen molar-refractivity contribution in [3.63, 3.8) is 0 Å². The molecule has 0 N–H and O–H groups in total. The van der Waals surface area contributed by atoms with Gasteiger partial charge in [-0.3, -0.25) is 0 Å². The Balaban J connectivity index is 2.61. The zero-order valence-corrected chi connectivity index (χ0v) is 10.1. The minimum Gasteiger partial charge on any atom is -0.464 e. The van der Waals surface area contributed by atoms with Gasteiger partial charge in [0.1, 0.15) is 6.10 Å². The molecule has 0 saturated heterocycles. The molecule has 1 fully saturated rings. The SMILES string of the molecule is COC(=O)C(=NOC1CCCCC1)C(=O)OC. The molecule has 0 atom stereocenters. The maximum Gasteiger partial charge on any atom is 0.367 e. The predicted octanol–water partition coefficient (Wildman–Crippen LogP) is 1.04. The Morgan fingerprint density at radius 2 is 1.53 bits per heavy atom. The third kappa shape index (κ3) is 4.05. The van der Waals surface area contributed by atoms with Crippen LogP contribution in [-0.2, 0) is 23.9 Å². The van der Waals surface area contributed by atoms with Gasteiger partial charge in [-0.25, -0.2) is 9.59 Å². The van der Waals surface area contributed by atoms with Crippen LogP contribution >= 0.6 is 0 Å². The van der Waals surface area contributed by atoms with Gasteiger partial charge in [0.25, 0.3) is 5.71 Å². The van der Waals surface area contributed by atoms with Gasteiger partial charge in [0.2, 0.25) is 0 Å². The molecule has 0 heterocycles. The van der Waals surface area contributed by atoms with Gasteiger partial charge in [-0.1, -0.05) is 11.6 Å². The maximum atomic E-state index is 11.3. The Labute approximate surface area is 99.9 Å². The van der Waals surface area contributed by atoms with E-state index in [2.05, 4.69) is 14.6 Å². The molecular formula is C11H17NO5. The highest BCUT2D eigenvalue weighted by Crippen LogP contribution is 2.20. The van der Waals surface area contributed by atoms with Crippen molar-refractivity contribution in [1.82, 2.24) is 0 Å². The van der Waals surface area contributed by atoms with Crippen molar-refractivity contribution in [2.75, 3.05) is 14.2 Å². The first kappa shape index (κ1) is 13.5. The number of esters is 2. The highest BCUT2D eigenvalue weighted by atomic mass is 16.6. The predicted molar refractivity (Wildman–Crippen MR) is 59.4 cm³/mol. The van der Waals surface area contributed by atoms with Crippen LogP contribution < -0.4 is 0 Å². The van der Waals surface area contributed by atoms with Gasteiger partial charge < -0.3 is 14.3 Å². The van der Waals surface area contributed by atoms with Crippen molar-refractivity contribution >= 4 is 17.7 Å². The van der Waals surface area contributed by atoms with E-state index >= 15 is 0 Å². The molecule has 1 aliphatic carbocycles. The first-order valence-electron chi connectivity index (χ1n) is 5.59. The summed E-state index contributed by atoms with van der Waals surface area (Å²) in [5.41, 5.74) is -0.458. The van der Waals surface area contributed by atoms with Crippen molar-refractivity contribution in [1.29, 1.82) is 0 Å². The minimum absolute atomic E-state index is 0.0342. The lowest BCUT2D eigenvalue weighted by Crippen LogP contribution is -2.28. The normalized spacial score (nSPS) is 15.9. The molecule has 0 aromatic carbocycles. The molecule has 96 valence electrons. The molecule has 0 unspecified atom stereocenters. The lowest BCUT2D eigenvalue weighted by Gasteiger charge is -2.19. The van der Waals surface area contributed by atoms with Crippen molar-refractivity contribution in [2.24, 2.45) is 5.16 Å². The van der Waals surface area contributed by atoms with Gasteiger partial charge in [0.15, 0.2) is 0 Å². The summed E-state index contributed by atoms with van der Waals surface area (Å²) in [5.74, 6) is -1.71. The molecule has 0 aromatic rings. The molecule has 0 bridgehead atoms. The molecule has 0 radical (unpaired) electrons. The Morgan fingerprint density at radius 1 is 1.00 bits per heavy atom. The van der Waals surface area contributed by atoms with Crippen molar-refractivity contribution in [2.45, 2.75) is 38.2 Å².